The lowest BCUT2D eigenvalue weighted by molar-refractivity contribution is -0.220. The highest BCUT2D eigenvalue weighted by molar-refractivity contribution is 5.74. The van der Waals surface area contributed by atoms with E-state index in [9.17, 15) is 14.4 Å². The summed E-state index contributed by atoms with van der Waals surface area (Å²) in [5, 5.41) is 4.83. The third-order valence-corrected chi connectivity index (χ3v) is 5.37. The van der Waals surface area contributed by atoms with Gasteiger partial charge < -0.3 is 14.2 Å². The predicted molar refractivity (Wildman–Crippen MR) is 153 cm³/mol. The highest BCUT2D eigenvalue weighted by Crippen LogP contribution is 2.22. The van der Waals surface area contributed by atoms with E-state index in [-0.39, 0.29) is 32.7 Å². The van der Waals surface area contributed by atoms with Crippen molar-refractivity contribution in [2.45, 2.75) is 92.2 Å². The average Bonchev–Trinajstić information content (AvgIpc) is 2.79. The van der Waals surface area contributed by atoms with E-state index in [1.807, 2.05) is 36.4 Å². The Kier molecular flexibility index (Phi) is 9.89. The molecule has 0 saturated heterocycles. The number of rotatable bonds is 6. The molecule has 3 heterocycles. The molecule has 0 spiro atoms. The van der Waals surface area contributed by atoms with Gasteiger partial charge in [0.1, 0.15) is 36.4 Å². The number of fused-ring (bicyclic) bond motifs is 5. The fourth-order valence-electron chi connectivity index (χ4n) is 4.15. The van der Waals surface area contributed by atoms with Crippen molar-refractivity contribution >= 4 is 17.9 Å². The van der Waals surface area contributed by atoms with Crippen LogP contribution in [0.3, 0.4) is 0 Å². The molecular weight excluding hydrogens is 526 g/mol. The molecule has 0 unspecified atom stereocenters. The monoisotopic (exact) mass is 569 g/mol. The van der Waals surface area contributed by atoms with Crippen molar-refractivity contribution in [2.75, 3.05) is 19.6 Å². The van der Waals surface area contributed by atoms with Crippen molar-refractivity contribution in [1.82, 2.24) is 25.1 Å². The maximum atomic E-state index is 13.2. The number of hydrogen-bond acceptors (Lipinski definition) is 11. The summed E-state index contributed by atoms with van der Waals surface area (Å²) in [5.74, 6) is -1.55. The molecule has 0 radical (unpaired) electrons. The van der Waals surface area contributed by atoms with Gasteiger partial charge in [0.05, 0.1) is 35.9 Å². The third-order valence-electron chi connectivity index (χ3n) is 5.37. The summed E-state index contributed by atoms with van der Waals surface area (Å²) in [6.07, 6.45) is 0. The van der Waals surface area contributed by atoms with Gasteiger partial charge in [-0.15, -0.1) is 0 Å². The van der Waals surface area contributed by atoms with Gasteiger partial charge in [0, 0.05) is 0 Å². The largest absolute Gasteiger partial charge is 0.459 e. The molecule has 1 aliphatic heterocycles. The van der Waals surface area contributed by atoms with E-state index in [0.29, 0.717) is 22.8 Å². The van der Waals surface area contributed by atoms with Crippen LogP contribution in [0.15, 0.2) is 36.4 Å². The number of aromatic nitrogens is 2. The molecule has 1 aliphatic rings. The molecule has 2 aromatic rings. The fraction of sp³-hybridized carbons (Fsp3) is 0.567. The van der Waals surface area contributed by atoms with Gasteiger partial charge in [0.2, 0.25) is 0 Å². The number of nitrogens with zero attached hydrogens (tertiary/aromatic N) is 5. The predicted octanol–water partition coefficient (Wildman–Crippen LogP) is 3.92. The quantitative estimate of drug-likeness (QED) is 0.372. The zero-order chi connectivity index (χ0) is 30.6. The van der Waals surface area contributed by atoms with Gasteiger partial charge in [-0.2, -0.15) is 5.12 Å². The van der Waals surface area contributed by atoms with Crippen LogP contribution < -0.4 is 0 Å². The Morgan fingerprint density at radius 3 is 1.29 bits per heavy atom. The van der Waals surface area contributed by atoms with E-state index in [4.69, 9.17) is 24.2 Å². The van der Waals surface area contributed by atoms with Crippen LogP contribution in [-0.4, -0.2) is 79.4 Å². The number of ether oxygens (including phenoxy) is 3. The second kappa shape index (κ2) is 12.6. The van der Waals surface area contributed by atoms with Gasteiger partial charge in [0.15, 0.2) is 0 Å². The first kappa shape index (κ1) is 32.1. The zero-order valence-electron chi connectivity index (χ0n) is 25.7. The molecular formula is C30H43N5O6. The van der Waals surface area contributed by atoms with Crippen molar-refractivity contribution in [3.63, 3.8) is 0 Å². The van der Waals surface area contributed by atoms with Crippen molar-refractivity contribution in [2.24, 2.45) is 0 Å². The Labute approximate surface area is 242 Å². The highest BCUT2D eigenvalue weighted by Gasteiger charge is 2.33. The molecule has 41 heavy (non-hydrogen) atoms. The van der Waals surface area contributed by atoms with Gasteiger partial charge in [-0.25, -0.2) is 20.0 Å². The molecule has 4 bridgehead atoms. The van der Waals surface area contributed by atoms with Gasteiger partial charge in [0.25, 0.3) is 0 Å². The Balaban J connectivity index is 2.13. The first-order valence-electron chi connectivity index (χ1n) is 13.7. The number of hydrazine groups is 2. The van der Waals surface area contributed by atoms with Crippen LogP contribution in [-0.2, 0) is 41.7 Å². The fourth-order valence-corrected chi connectivity index (χ4v) is 4.15. The topological polar surface area (TPSA) is 114 Å². The zero-order valence-corrected chi connectivity index (χ0v) is 25.7. The lowest BCUT2D eigenvalue weighted by Gasteiger charge is -2.41. The molecule has 0 aromatic carbocycles. The summed E-state index contributed by atoms with van der Waals surface area (Å²) in [4.78, 5) is 49.1. The number of pyridine rings is 2. The lowest BCUT2D eigenvalue weighted by atomic mass is 10.2. The third kappa shape index (κ3) is 10.8. The maximum Gasteiger partial charge on any atom is 0.323 e. The molecule has 0 fully saturated rings. The van der Waals surface area contributed by atoms with Crippen molar-refractivity contribution < 1.29 is 28.6 Å². The summed E-state index contributed by atoms with van der Waals surface area (Å²) in [7, 11) is 0. The molecule has 0 amide bonds. The summed E-state index contributed by atoms with van der Waals surface area (Å²) >= 11 is 0. The maximum absolute atomic E-state index is 13.2. The Hall–Kier alpha value is -3.41. The van der Waals surface area contributed by atoms with Crippen LogP contribution in [0, 0.1) is 0 Å². The minimum atomic E-state index is -0.747. The molecule has 0 saturated carbocycles. The van der Waals surface area contributed by atoms with Gasteiger partial charge in [-0.1, -0.05) is 12.1 Å². The van der Waals surface area contributed by atoms with E-state index in [2.05, 4.69) is 0 Å². The minimum Gasteiger partial charge on any atom is -0.459 e. The Morgan fingerprint density at radius 1 is 0.610 bits per heavy atom. The van der Waals surface area contributed by atoms with Crippen molar-refractivity contribution in [3.05, 3.63) is 47.8 Å². The lowest BCUT2D eigenvalue weighted by Crippen LogP contribution is -2.58. The molecule has 11 heteroatoms. The molecule has 2 aromatic heterocycles. The van der Waals surface area contributed by atoms with E-state index < -0.39 is 34.7 Å². The highest BCUT2D eigenvalue weighted by atomic mass is 16.6. The van der Waals surface area contributed by atoms with Crippen LogP contribution in [0.25, 0.3) is 11.4 Å². The first-order chi connectivity index (χ1) is 18.9. The van der Waals surface area contributed by atoms with E-state index >= 15 is 0 Å². The van der Waals surface area contributed by atoms with Crippen LogP contribution in [0.1, 0.15) is 73.7 Å². The second-order valence-corrected chi connectivity index (χ2v) is 13.0. The SMILES string of the molecule is CC(C)(C)OC(=O)CN1Cc2cccc(n2)-c2cccc(n2)CN(CC(=O)OC(C)(C)C)N1CC(=O)OC(C)(C)C. The van der Waals surface area contributed by atoms with Gasteiger partial charge in [-0.05, 0) is 86.6 Å². The van der Waals surface area contributed by atoms with Crippen LogP contribution in [0.4, 0.5) is 0 Å². The number of carbonyl (C=O) groups is 3. The van der Waals surface area contributed by atoms with Crippen LogP contribution in [0.5, 0.6) is 0 Å². The second-order valence-electron chi connectivity index (χ2n) is 13.0. The Morgan fingerprint density at radius 2 is 0.951 bits per heavy atom. The van der Waals surface area contributed by atoms with E-state index in [1.165, 1.54) is 0 Å². The molecule has 224 valence electrons. The number of hydrogen-bond donors (Lipinski definition) is 0. The molecule has 0 N–H and O–H groups in total. The number of esters is 3. The van der Waals surface area contributed by atoms with Crippen molar-refractivity contribution in [1.29, 1.82) is 0 Å². The van der Waals surface area contributed by atoms with Gasteiger partial charge in [-0.3, -0.25) is 14.4 Å². The van der Waals surface area contributed by atoms with Crippen LogP contribution >= 0.6 is 0 Å². The van der Waals surface area contributed by atoms with Crippen molar-refractivity contribution in [3.8, 4) is 11.4 Å². The molecule has 0 atom stereocenters. The van der Waals surface area contributed by atoms with Gasteiger partial charge >= 0.3 is 17.9 Å². The smallest absolute Gasteiger partial charge is 0.323 e. The summed E-state index contributed by atoms with van der Waals surface area (Å²) in [5.41, 5.74) is 0.404. The van der Waals surface area contributed by atoms with E-state index in [0.717, 1.165) is 0 Å². The molecule has 0 aliphatic carbocycles. The number of carbonyl (C=O) groups excluding carboxylic acids is 3. The minimum absolute atomic E-state index is 0.136. The van der Waals surface area contributed by atoms with Crippen LogP contribution in [0.2, 0.25) is 0 Å². The van der Waals surface area contributed by atoms with E-state index in [1.54, 1.807) is 77.4 Å². The summed E-state index contributed by atoms with van der Waals surface area (Å²) in [6.45, 7) is 15.6. The average molecular weight is 570 g/mol. The normalized spacial score (nSPS) is 15.5. The molecule has 3 rings (SSSR count). The summed E-state index contributed by atoms with van der Waals surface area (Å²) in [6, 6.07) is 11.1. The first-order valence-corrected chi connectivity index (χ1v) is 13.7. The summed E-state index contributed by atoms with van der Waals surface area (Å²) < 4.78 is 16.9. The Bertz CT molecular complexity index is 1160. The molecule has 11 nitrogen and oxygen atoms in total. The standard InChI is InChI=1S/C30H43N5O6/c1-28(2,3)39-25(36)18-33-16-21-12-10-14-23(31-21)24-15-11-13-22(32-24)17-34(19-26(37)40-29(4,5)6)35(33)20-27(38)41-30(7,8)9/h10-15H,16-20H2,1-9H3.